The molecule has 0 saturated carbocycles. The minimum atomic E-state index is -0.570. The molecule has 1 spiro atoms. The number of hydrogen-bond acceptors (Lipinski definition) is 2. The van der Waals surface area contributed by atoms with Gasteiger partial charge in [-0.2, -0.15) is 0 Å². The van der Waals surface area contributed by atoms with Crippen molar-refractivity contribution in [1.29, 1.82) is 0 Å². The molecule has 7 aromatic rings. The number of fused-ring (bicyclic) bond motifs is 12. The summed E-state index contributed by atoms with van der Waals surface area (Å²) in [5, 5.41) is 1.15. The third-order valence-corrected chi connectivity index (χ3v) is 10.4. The third kappa shape index (κ3) is 3.99. The predicted octanol–water partition coefficient (Wildman–Crippen LogP) is 11.6. The normalized spacial score (nSPS) is 17.1. The van der Waals surface area contributed by atoms with E-state index >= 15 is 0 Å². The SMILES string of the molecule is Cc1ccccc1-n1c(-c2ccc3c(c2)C2(C=CC=CC=C3)c3ccccc3-c3c2ccc2c4c(oc32)C=CCC=C4)nc2ccccc21. The molecule has 49 heavy (non-hydrogen) atoms. The number of furan rings is 1. The number of nitrogens with zero attached hydrogens (tertiary/aromatic N) is 2. The van der Waals surface area contributed by atoms with E-state index in [-0.39, 0.29) is 0 Å². The molecule has 1 unspecified atom stereocenters. The zero-order valence-electron chi connectivity index (χ0n) is 27.1. The maximum atomic E-state index is 6.77. The minimum absolute atomic E-state index is 0.570. The number of imidazole rings is 1. The Kier molecular flexibility index (Phi) is 6.07. The van der Waals surface area contributed by atoms with Crippen LogP contribution in [0.25, 0.3) is 68.4 Å². The van der Waals surface area contributed by atoms with E-state index in [9.17, 15) is 0 Å². The lowest BCUT2D eigenvalue weighted by Crippen LogP contribution is -2.25. The van der Waals surface area contributed by atoms with Crippen LogP contribution >= 0.6 is 0 Å². The fraction of sp³-hybridized carbons (Fsp3) is 0.0652. The van der Waals surface area contributed by atoms with Crippen molar-refractivity contribution >= 4 is 40.2 Å². The molecule has 0 radical (unpaired) electrons. The van der Waals surface area contributed by atoms with E-state index in [4.69, 9.17) is 9.40 Å². The number of benzene rings is 5. The Hall–Kier alpha value is -6.19. The Bertz CT molecular complexity index is 2650. The van der Waals surface area contributed by atoms with Gasteiger partial charge in [-0.3, -0.25) is 4.57 Å². The number of rotatable bonds is 2. The zero-order chi connectivity index (χ0) is 32.5. The molecule has 0 bridgehead atoms. The lowest BCUT2D eigenvalue weighted by molar-refractivity contribution is 0.604. The fourth-order valence-electron chi connectivity index (χ4n) is 8.23. The largest absolute Gasteiger partial charge is 0.455 e. The molecule has 2 heterocycles. The summed E-state index contributed by atoms with van der Waals surface area (Å²) >= 11 is 0. The molecule has 2 aromatic heterocycles. The summed E-state index contributed by atoms with van der Waals surface area (Å²) in [6.45, 7) is 2.17. The van der Waals surface area contributed by atoms with Crippen LogP contribution in [0.5, 0.6) is 0 Å². The highest BCUT2D eigenvalue weighted by atomic mass is 16.3. The summed E-state index contributed by atoms with van der Waals surface area (Å²) in [6, 6.07) is 37.3. The first-order chi connectivity index (χ1) is 24.2. The quantitative estimate of drug-likeness (QED) is 0.191. The van der Waals surface area contributed by atoms with Crippen molar-refractivity contribution in [1.82, 2.24) is 9.55 Å². The van der Waals surface area contributed by atoms with E-state index in [1.54, 1.807) is 0 Å². The highest BCUT2D eigenvalue weighted by Gasteiger charge is 2.45. The molecule has 3 aliphatic rings. The molecule has 3 heteroatoms. The van der Waals surface area contributed by atoms with Crippen molar-refractivity contribution in [3.05, 3.63) is 185 Å². The third-order valence-electron chi connectivity index (χ3n) is 10.4. The monoisotopic (exact) mass is 628 g/mol. The van der Waals surface area contributed by atoms with E-state index in [1.165, 1.54) is 38.9 Å². The van der Waals surface area contributed by atoms with Gasteiger partial charge in [0.1, 0.15) is 17.2 Å². The number of hydrogen-bond donors (Lipinski definition) is 0. The number of para-hydroxylation sites is 3. The first kappa shape index (κ1) is 27.9. The van der Waals surface area contributed by atoms with Crippen LogP contribution in [0, 0.1) is 6.92 Å². The van der Waals surface area contributed by atoms with Gasteiger partial charge in [0.25, 0.3) is 0 Å². The van der Waals surface area contributed by atoms with Crippen molar-refractivity contribution in [3.8, 4) is 28.2 Å². The molecular formula is C46H32N2O. The van der Waals surface area contributed by atoms with Crippen molar-refractivity contribution in [3.63, 3.8) is 0 Å². The Labute approximate surface area is 285 Å². The van der Waals surface area contributed by atoms with Gasteiger partial charge in [0.15, 0.2) is 0 Å². The fourth-order valence-corrected chi connectivity index (χ4v) is 8.23. The lowest BCUT2D eigenvalue weighted by Gasteiger charge is -2.31. The van der Waals surface area contributed by atoms with Gasteiger partial charge < -0.3 is 4.42 Å². The highest BCUT2D eigenvalue weighted by Crippen LogP contribution is 2.57. The molecule has 0 amide bonds. The molecular weight excluding hydrogens is 597 g/mol. The summed E-state index contributed by atoms with van der Waals surface area (Å²) in [6.07, 6.45) is 22.8. The van der Waals surface area contributed by atoms with E-state index < -0.39 is 5.41 Å². The Balaban J connectivity index is 1.29. The van der Waals surface area contributed by atoms with Crippen LogP contribution in [0.15, 0.2) is 150 Å². The standard InChI is InChI=1S/C46H32N2O/c1-30-15-8-12-21-40(30)48-41-22-13-11-20-39(41)47-45(48)32-25-24-31-16-5-2-3-14-28-46(38(31)29-32)36-19-10-9-18-35(36)43-37(46)27-26-34-33-17-6-4-7-23-42(33)49-44(34)43/h2-3,5-29H,4H2,1H3. The first-order valence-electron chi connectivity index (χ1n) is 17.0. The van der Waals surface area contributed by atoms with Crippen LogP contribution in [0.1, 0.15) is 45.6 Å². The van der Waals surface area contributed by atoms with Gasteiger partial charge in [-0.15, -0.1) is 0 Å². The van der Waals surface area contributed by atoms with E-state index in [1.807, 2.05) is 0 Å². The molecule has 5 aromatic carbocycles. The molecule has 3 aliphatic carbocycles. The zero-order valence-corrected chi connectivity index (χ0v) is 27.1. The van der Waals surface area contributed by atoms with Gasteiger partial charge in [0.05, 0.1) is 22.1 Å². The van der Waals surface area contributed by atoms with Gasteiger partial charge in [0.2, 0.25) is 0 Å². The molecule has 3 nitrogen and oxygen atoms in total. The second kappa shape index (κ2) is 10.7. The summed E-state index contributed by atoms with van der Waals surface area (Å²) in [4.78, 5) is 5.29. The Morgan fingerprint density at radius 2 is 1.55 bits per heavy atom. The predicted molar refractivity (Wildman–Crippen MR) is 203 cm³/mol. The first-order valence-corrected chi connectivity index (χ1v) is 17.0. The van der Waals surface area contributed by atoms with E-state index in [2.05, 4.69) is 175 Å². The lowest BCUT2D eigenvalue weighted by atomic mass is 9.70. The smallest absolute Gasteiger partial charge is 0.145 e. The summed E-state index contributed by atoms with van der Waals surface area (Å²) < 4.78 is 9.09. The van der Waals surface area contributed by atoms with Gasteiger partial charge in [-0.25, -0.2) is 4.98 Å². The van der Waals surface area contributed by atoms with Crippen LogP contribution < -0.4 is 0 Å². The van der Waals surface area contributed by atoms with Crippen molar-refractivity contribution in [2.45, 2.75) is 18.8 Å². The second-order valence-electron chi connectivity index (χ2n) is 13.1. The average Bonchev–Trinajstić information content (AvgIpc) is 3.74. The molecule has 0 fully saturated rings. The van der Waals surface area contributed by atoms with Crippen molar-refractivity contribution in [2.75, 3.05) is 0 Å². The molecule has 232 valence electrons. The summed E-state index contributed by atoms with van der Waals surface area (Å²) in [5.41, 5.74) is 14.2. The summed E-state index contributed by atoms with van der Waals surface area (Å²) in [5.74, 6) is 1.85. The van der Waals surface area contributed by atoms with Gasteiger partial charge >= 0.3 is 0 Å². The van der Waals surface area contributed by atoms with Crippen molar-refractivity contribution < 1.29 is 4.42 Å². The Morgan fingerprint density at radius 1 is 0.714 bits per heavy atom. The maximum Gasteiger partial charge on any atom is 0.145 e. The van der Waals surface area contributed by atoms with Crippen LogP contribution in [0.3, 0.4) is 0 Å². The molecule has 0 aliphatic heterocycles. The second-order valence-corrected chi connectivity index (χ2v) is 13.1. The van der Waals surface area contributed by atoms with Crippen LogP contribution in [-0.4, -0.2) is 9.55 Å². The molecule has 0 N–H and O–H groups in total. The van der Waals surface area contributed by atoms with Crippen LogP contribution in [0.2, 0.25) is 0 Å². The average molecular weight is 629 g/mol. The molecule has 1 atom stereocenters. The van der Waals surface area contributed by atoms with Crippen molar-refractivity contribution in [2.24, 2.45) is 0 Å². The van der Waals surface area contributed by atoms with E-state index in [0.29, 0.717) is 0 Å². The van der Waals surface area contributed by atoms with Gasteiger partial charge in [-0.1, -0.05) is 134 Å². The molecule has 0 saturated heterocycles. The van der Waals surface area contributed by atoms with Crippen LogP contribution in [-0.2, 0) is 5.41 Å². The Morgan fingerprint density at radius 3 is 2.51 bits per heavy atom. The number of aryl methyl sites for hydroxylation is 1. The van der Waals surface area contributed by atoms with E-state index in [0.717, 1.165) is 56.8 Å². The van der Waals surface area contributed by atoms with Crippen LogP contribution in [0.4, 0.5) is 0 Å². The minimum Gasteiger partial charge on any atom is -0.455 e. The molecule has 10 rings (SSSR count). The van der Waals surface area contributed by atoms with Gasteiger partial charge in [0, 0.05) is 22.1 Å². The summed E-state index contributed by atoms with van der Waals surface area (Å²) in [7, 11) is 0. The number of allylic oxidation sites excluding steroid dienone is 7. The maximum absolute atomic E-state index is 6.77. The highest BCUT2D eigenvalue weighted by molar-refractivity contribution is 6.05. The number of aromatic nitrogens is 2. The topological polar surface area (TPSA) is 31.0 Å². The van der Waals surface area contributed by atoms with Gasteiger partial charge in [-0.05, 0) is 77.1 Å².